The van der Waals surface area contributed by atoms with Crippen LogP contribution in [0.25, 0.3) is 0 Å². The first-order chi connectivity index (χ1) is 8.52. The van der Waals surface area contributed by atoms with Crippen LogP contribution in [-0.4, -0.2) is 26.7 Å². The molecule has 94 valence electrons. The molecule has 1 saturated heterocycles. The zero-order valence-electron chi connectivity index (χ0n) is 10.5. The summed E-state index contributed by atoms with van der Waals surface area (Å²) in [7, 11) is 0. The van der Waals surface area contributed by atoms with Crippen LogP contribution in [0.1, 0.15) is 25.0 Å². The summed E-state index contributed by atoms with van der Waals surface area (Å²) in [5.74, 6) is 0.0802. The van der Waals surface area contributed by atoms with Crippen molar-refractivity contribution in [3.63, 3.8) is 0 Å². The number of hydrogen-bond acceptors (Lipinski definition) is 3. The van der Waals surface area contributed by atoms with Gasteiger partial charge in [-0.05, 0) is 25.0 Å². The molecule has 0 spiro atoms. The van der Waals surface area contributed by atoms with Gasteiger partial charge in [-0.2, -0.15) is 0 Å². The Bertz CT molecular complexity index is 540. The summed E-state index contributed by atoms with van der Waals surface area (Å²) < 4.78 is 0. The number of amides is 1. The van der Waals surface area contributed by atoms with E-state index in [9.17, 15) is 9.59 Å². The van der Waals surface area contributed by atoms with Crippen molar-refractivity contribution in [1.82, 2.24) is 4.90 Å². The van der Waals surface area contributed by atoms with Crippen LogP contribution in [0.5, 0.6) is 0 Å². The smallest absolute Gasteiger partial charge is 0.237 e. The lowest BCUT2D eigenvalue weighted by atomic mass is 9.84. The zero-order chi connectivity index (χ0) is 12.9. The third-order valence-corrected chi connectivity index (χ3v) is 5.12. The van der Waals surface area contributed by atoms with E-state index in [4.69, 9.17) is 0 Å². The van der Waals surface area contributed by atoms with Crippen LogP contribution in [0, 0.1) is 0 Å². The van der Waals surface area contributed by atoms with Gasteiger partial charge >= 0.3 is 0 Å². The largest absolute Gasteiger partial charge is 0.324 e. The SMILES string of the molecule is C[C@@H]1SC(=O)[C@@]2(C)Cc3ccccc3CN2C1=O. The Balaban J connectivity index is 2.08. The van der Waals surface area contributed by atoms with Gasteiger partial charge in [0.25, 0.3) is 0 Å². The zero-order valence-corrected chi connectivity index (χ0v) is 11.3. The quantitative estimate of drug-likeness (QED) is 0.717. The van der Waals surface area contributed by atoms with Gasteiger partial charge < -0.3 is 4.90 Å². The van der Waals surface area contributed by atoms with Crippen LogP contribution < -0.4 is 0 Å². The van der Waals surface area contributed by atoms with Gasteiger partial charge in [0, 0.05) is 13.0 Å². The van der Waals surface area contributed by atoms with E-state index in [1.165, 1.54) is 17.3 Å². The Morgan fingerprint density at radius 2 is 1.94 bits per heavy atom. The van der Waals surface area contributed by atoms with Crippen LogP contribution in [0.3, 0.4) is 0 Å². The van der Waals surface area contributed by atoms with Crippen molar-refractivity contribution >= 4 is 22.8 Å². The average molecular weight is 261 g/mol. The van der Waals surface area contributed by atoms with Gasteiger partial charge in [0.2, 0.25) is 11.0 Å². The summed E-state index contributed by atoms with van der Waals surface area (Å²) in [6.45, 7) is 4.26. The molecule has 1 fully saturated rings. The van der Waals surface area contributed by atoms with E-state index in [1.807, 2.05) is 32.0 Å². The maximum atomic E-state index is 12.3. The second-order valence-corrected chi connectivity index (χ2v) is 6.50. The first kappa shape index (κ1) is 11.8. The third kappa shape index (κ3) is 1.52. The van der Waals surface area contributed by atoms with E-state index in [1.54, 1.807) is 4.90 Å². The highest BCUT2D eigenvalue weighted by atomic mass is 32.2. The highest BCUT2D eigenvalue weighted by Gasteiger charge is 2.50. The molecule has 2 atom stereocenters. The molecule has 2 aliphatic heterocycles. The van der Waals surface area contributed by atoms with E-state index in [0.29, 0.717) is 13.0 Å². The normalized spacial score (nSPS) is 31.0. The summed E-state index contributed by atoms with van der Waals surface area (Å²) in [5, 5.41) is -0.139. The van der Waals surface area contributed by atoms with Gasteiger partial charge in [-0.15, -0.1) is 0 Å². The maximum Gasteiger partial charge on any atom is 0.237 e. The maximum absolute atomic E-state index is 12.3. The fourth-order valence-electron chi connectivity index (χ4n) is 2.76. The third-order valence-electron chi connectivity index (χ3n) is 3.91. The number of benzene rings is 1. The highest BCUT2D eigenvalue weighted by Crippen LogP contribution is 2.40. The Hall–Kier alpha value is -1.29. The molecule has 0 saturated carbocycles. The molecule has 0 radical (unpaired) electrons. The minimum absolute atomic E-state index is 0.0802. The molecule has 1 amide bonds. The van der Waals surface area contributed by atoms with Crippen LogP contribution >= 0.6 is 11.8 Å². The van der Waals surface area contributed by atoms with Gasteiger partial charge in [-0.3, -0.25) is 9.59 Å². The van der Waals surface area contributed by atoms with Crippen molar-refractivity contribution in [2.75, 3.05) is 0 Å². The van der Waals surface area contributed by atoms with Crippen molar-refractivity contribution in [3.05, 3.63) is 35.4 Å². The molecule has 3 nitrogen and oxygen atoms in total. The molecule has 0 bridgehead atoms. The van der Waals surface area contributed by atoms with Crippen LogP contribution in [0.15, 0.2) is 24.3 Å². The Labute approximate surface area is 111 Å². The fraction of sp³-hybridized carbons (Fsp3) is 0.429. The standard InChI is InChI=1S/C14H15NO2S/c1-9-12(16)15-8-11-6-4-3-5-10(11)7-14(15,2)13(17)18-9/h3-6,9H,7-8H2,1-2H3/t9-,14+/m0/s1. The molecule has 0 unspecified atom stereocenters. The second kappa shape index (κ2) is 3.85. The molecule has 0 N–H and O–H groups in total. The summed E-state index contributed by atoms with van der Waals surface area (Å²) in [6.07, 6.45) is 0.632. The van der Waals surface area contributed by atoms with Gasteiger partial charge in [0.05, 0.1) is 5.25 Å². The molecule has 1 aromatic carbocycles. The molecule has 0 aromatic heterocycles. The monoisotopic (exact) mass is 261 g/mol. The molecule has 18 heavy (non-hydrogen) atoms. The molecular formula is C14H15NO2S. The topological polar surface area (TPSA) is 37.4 Å². The Kier molecular flexibility index (Phi) is 2.52. The van der Waals surface area contributed by atoms with Gasteiger partial charge in [0.1, 0.15) is 5.54 Å². The Morgan fingerprint density at radius 1 is 1.28 bits per heavy atom. The predicted molar refractivity (Wildman–Crippen MR) is 71.2 cm³/mol. The van der Waals surface area contributed by atoms with Crippen molar-refractivity contribution in [3.8, 4) is 0 Å². The van der Waals surface area contributed by atoms with Gasteiger partial charge in [-0.1, -0.05) is 36.0 Å². The highest BCUT2D eigenvalue weighted by molar-refractivity contribution is 8.15. The minimum atomic E-state index is -0.664. The van der Waals surface area contributed by atoms with Crippen molar-refractivity contribution < 1.29 is 9.59 Å². The summed E-state index contributed by atoms with van der Waals surface area (Å²) in [4.78, 5) is 26.3. The van der Waals surface area contributed by atoms with Crippen molar-refractivity contribution in [1.29, 1.82) is 0 Å². The molecule has 4 heteroatoms. The van der Waals surface area contributed by atoms with Crippen LogP contribution in [0.2, 0.25) is 0 Å². The van der Waals surface area contributed by atoms with Gasteiger partial charge in [-0.25, -0.2) is 0 Å². The molecule has 3 rings (SSSR count). The van der Waals surface area contributed by atoms with Crippen molar-refractivity contribution in [2.24, 2.45) is 0 Å². The van der Waals surface area contributed by atoms with Crippen LogP contribution in [0.4, 0.5) is 0 Å². The molecule has 2 aliphatic rings. The van der Waals surface area contributed by atoms with E-state index >= 15 is 0 Å². The minimum Gasteiger partial charge on any atom is -0.324 e. The average Bonchev–Trinajstić information content (AvgIpc) is 2.35. The fourth-order valence-corrected chi connectivity index (χ4v) is 3.74. The number of rotatable bonds is 0. The number of carbonyl (C=O) groups is 2. The van der Waals surface area contributed by atoms with Crippen LogP contribution in [-0.2, 0) is 22.6 Å². The molecule has 2 heterocycles. The number of nitrogens with zero attached hydrogens (tertiary/aromatic N) is 1. The van der Waals surface area contributed by atoms with Gasteiger partial charge in [0.15, 0.2) is 0 Å². The van der Waals surface area contributed by atoms with E-state index in [2.05, 4.69) is 6.07 Å². The lowest BCUT2D eigenvalue weighted by Gasteiger charge is -2.48. The number of fused-ring (bicyclic) bond motifs is 2. The van der Waals surface area contributed by atoms with Crippen molar-refractivity contribution in [2.45, 2.75) is 37.6 Å². The number of carbonyl (C=O) groups excluding carboxylic acids is 2. The molecule has 0 aliphatic carbocycles. The molecular weight excluding hydrogens is 246 g/mol. The molecule has 1 aromatic rings. The summed E-state index contributed by atoms with van der Waals surface area (Å²) in [5.41, 5.74) is 1.69. The first-order valence-electron chi connectivity index (χ1n) is 6.12. The number of hydrogen-bond donors (Lipinski definition) is 0. The summed E-state index contributed by atoms with van der Waals surface area (Å²) >= 11 is 1.18. The lowest BCUT2D eigenvalue weighted by molar-refractivity contribution is -0.145. The lowest BCUT2D eigenvalue weighted by Crippen LogP contribution is -2.62. The van der Waals surface area contributed by atoms with E-state index in [0.717, 1.165) is 5.56 Å². The van der Waals surface area contributed by atoms with E-state index < -0.39 is 5.54 Å². The first-order valence-corrected chi connectivity index (χ1v) is 7.00. The predicted octanol–water partition coefficient (Wildman–Crippen LogP) is 1.99. The van der Waals surface area contributed by atoms with E-state index in [-0.39, 0.29) is 16.3 Å². The second-order valence-electron chi connectivity index (χ2n) is 5.19. The summed E-state index contributed by atoms with van der Waals surface area (Å²) in [6, 6.07) is 8.07. The Morgan fingerprint density at radius 3 is 2.67 bits per heavy atom. The number of thioether (sulfide) groups is 1.